The molecule has 3 aromatic carbocycles. The van der Waals surface area contributed by atoms with Crippen molar-refractivity contribution in [3.05, 3.63) is 94.0 Å². The summed E-state index contributed by atoms with van der Waals surface area (Å²) in [4.78, 5) is 18.8. The first-order valence-corrected chi connectivity index (χ1v) is 8.66. The van der Waals surface area contributed by atoms with Gasteiger partial charge < -0.3 is 4.98 Å². The molecule has 27 heavy (non-hydrogen) atoms. The van der Waals surface area contributed by atoms with Crippen LogP contribution in [0.15, 0.2) is 78.9 Å². The summed E-state index contributed by atoms with van der Waals surface area (Å²) in [5.74, 6) is 0.549. The summed E-state index contributed by atoms with van der Waals surface area (Å²) in [6.07, 6.45) is 0. The standard InChI is InChI=1S/C21H14ClN3O2/c22-17-12-11-16(13-18(17)25(26)27)21-23-19(14-7-3-1-4-8-14)20(24-21)15-9-5-2-6-10-15/h1-13H,(H,23,24). The van der Waals surface area contributed by atoms with Gasteiger partial charge in [-0.05, 0) is 12.1 Å². The molecule has 0 aliphatic heterocycles. The van der Waals surface area contributed by atoms with Gasteiger partial charge in [-0.1, -0.05) is 72.3 Å². The number of nitro groups is 1. The van der Waals surface area contributed by atoms with Crippen molar-refractivity contribution in [2.24, 2.45) is 0 Å². The molecule has 0 saturated carbocycles. The van der Waals surface area contributed by atoms with Crippen molar-refractivity contribution in [1.29, 1.82) is 0 Å². The van der Waals surface area contributed by atoms with E-state index in [4.69, 9.17) is 16.6 Å². The second-order valence-corrected chi connectivity index (χ2v) is 6.37. The Morgan fingerprint density at radius 2 is 1.48 bits per heavy atom. The lowest BCUT2D eigenvalue weighted by Gasteiger charge is -2.02. The highest BCUT2D eigenvalue weighted by atomic mass is 35.5. The molecule has 5 nitrogen and oxygen atoms in total. The molecular formula is C21H14ClN3O2. The third-order valence-electron chi connectivity index (χ3n) is 4.23. The van der Waals surface area contributed by atoms with Gasteiger partial charge in [0.2, 0.25) is 0 Å². The first-order chi connectivity index (χ1) is 13.1. The Bertz CT molecular complexity index is 1050. The minimum absolute atomic E-state index is 0.0990. The van der Waals surface area contributed by atoms with Gasteiger partial charge in [-0.25, -0.2) is 4.98 Å². The molecule has 0 aliphatic carbocycles. The quantitative estimate of drug-likeness (QED) is 0.352. The normalized spacial score (nSPS) is 10.7. The van der Waals surface area contributed by atoms with Gasteiger partial charge in [0.15, 0.2) is 0 Å². The Hall–Kier alpha value is -3.44. The van der Waals surface area contributed by atoms with Crippen LogP contribution in [0.1, 0.15) is 0 Å². The summed E-state index contributed by atoms with van der Waals surface area (Å²) in [7, 11) is 0. The van der Waals surface area contributed by atoms with Gasteiger partial charge in [-0.15, -0.1) is 0 Å². The van der Waals surface area contributed by atoms with Crippen LogP contribution in [0.2, 0.25) is 5.02 Å². The molecule has 0 amide bonds. The smallest absolute Gasteiger partial charge is 0.288 e. The average molecular weight is 376 g/mol. The van der Waals surface area contributed by atoms with E-state index in [0.717, 1.165) is 22.5 Å². The molecule has 0 atom stereocenters. The molecule has 0 unspecified atom stereocenters. The van der Waals surface area contributed by atoms with Gasteiger partial charge in [0, 0.05) is 22.8 Å². The van der Waals surface area contributed by atoms with Crippen molar-refractivity contribution < 1.29 is 4.92 Å². The zero-order chi connectivity index (χ0) is 18.8. The van der Waals surface area contributed by atoms with Gasteiger partial charge in [0.05, 0.1) is 16.3 Å². The SMILES string of the molecule is O=[N+]([O-])c1cc(-c2nc(-c3ccccc3)c(-c3ccccc3)[nH]2)ccc1Cl. The molecule has 0 saturated heterocycles. The molecule has 6 heteroatoms. The van der Waals surface area contributed by atoms with Crippen LogP contribution in [0.4, 0.5) is 5.69 Å². The van der Waals surface area contributed by atoms with Crippen LogP contribution in [0.25, 0.3) is 33.9 Å². The molecule has 0 bridgehead atoms. The van der Waals surface area contributed by atoms with E-state index >= 15 is 0 Å². The molecule has 1 heterocycles. The first kappa shape index (κ1) is 17.0. The van der Waals surface area contributed by atoms with E-state index < -0.39 is 4.92 Å². The fourth-order valence-electron chi connectivity index (χ4n) is 2.93. The molecule has 132 valence electrons. The molecule has 0 fully saturated rings. The van der Waals surface area contributed by atoms with Crippen LogP contribution >= 0.6 is 11.6 Å². The molecule has 4 rings (SSSR count). The fraction of sp³-hybridized carbons (Fsp3) is 0. The average Bonchev–Trinajstić information content (AvgIpc) is 3.15. The van der Waals surface area contributed by atoms with Gasteiger partial charge in [0.1, 0.15) is 10.8 Å². The van der Waals surface area contributed by atoms with Gasteiger partial charge in [0.25, 0.3) is 5.69 Å². The highest BCUT2D eigenvalue weighted by Crippen LogP contribution is 2.35. The summed E-state index contributed by atoms with van der Waals surface area (Å²) >= 11 is 5.93. The van der Waals surface area contributed by atoms with Crippen LogP contribution in [-0.2, 0) is 0 Å². The van der Waals surface area contributed by atoms with Crippen LogP contribution in [-0.4, -0.2) is 14.9 Å². The number of benzene rings is 3. The Labute approximate surface area is 160 Å². The zero-order valence-electron chi connectivity index (χ0n) is 14.1. The number of rotatable bonds is 4. The summed E-state index contributed by atoms with van der Waals surface area (Å²) in [5.41, 5.74) is 4.04. The zero-order valence-corrected chi connectivity index (χ0v) is 14.9. The van der Waals surface area contributed by atoms with Crippen molar-refractivity contribution in [2.45, 2.75) is 0 Å². The van der Waals surface area contributed by atoms with Crippen molar-refractivity contribution >= 4 is 17.3 Å². The molecule has 0 spiro atoms. The lowest BCUT2D eigenvalue weighted by Crippen LogP contribution is -1.90. The second kappa shape index (κ2) is 7.05. The monoisotopic (exact) mass is 375 g/mol. The predicted molar refractivity (Wildman–Crippen MR) is 107 cm³/mol. The van der Waals surface area contributed by atoms with E-state index in [1.807, 2.05) is 60.7 Å². The number of imidazole rings is 1. The van der Waals surface area contributed by atoms with E-state index in [0.29, 0.717) is 11.4 Å². The number of hydrogen-bond donors (Lipinski definition) is 1. The van der Waals surface area contributed by atoms with Gasteiger partial charge >= 0.3 is 0 Å². The van der Waals surface area contributed by atoms with E-state index in [-0.39, 0.29) is 10.7 Å². The number of nitrogens with zero attached hydrogens (tertiary/aromatic N) is 2. The van der Waals surface area contributed by atoms with Crippen molar-refractivity contribution in [2.75, 3.05) is 0 Å². The number of halogens is 1. The minimum Gasteiger partial charge on any atom is -0.337 e. The minimum atomic E-state index is -0.495. The van der Waals surface area contributed by atoms with Crippen LogP contribution in [0, 0.1) is 10.1 Å². The first-order valence-electron chi connectivity index (χ1n) is 8.28. The molecular weight excluding hydrogens is 362 g/mol. The maximum atomic E-state index is 11.2. The summed E-state index contributed by atoms with van der Waals surface area (Å²) in [6.45, 7) is 0. The Kier molecular flexibility index (Phi) is 4.44. The lowest BCUT2D eigenvalue weighted by atomic mass is 10.1. The Morgan fingerprint density at radius 3 is 2.11 bits per heavy atom. The second-order valence-electron chi connectivity index (χ2n) is 5.96. The number of aromatic nitrogens is 2. The van der Waals surface area contributed by atoms with E-state index in [2.05, 4.69) is 4.98 Å². The number of nitrogens with one attached hydrogen (secondary N) is 1. The molecule has 1 aromatic heterocycles. The molecule has 1 N–H and O–H groups in total. The van der Waals surface area contributed by atoms with Crippen LogP contribution < -0.4 is 0 Å². The third-order valence-corrected chi connectivity index (χ3v) is 4.55. The largest absolute Gasteiger partial charge is 0.337 e. The van der Waals surface area contributed by atoms with Crippen molar-refractivity contribution in [3.8, 4) is 33.9 Å². The van der Waals surface area contributed by atoms with Crippen molar-refractivity contribution in [1.82, 2.24) is 9.97 Å². The number of hydrogen-bond acceptors (Lipinski definition) is 3. The number of aromatic amines is 1. The maximum Gasteiger partial charge on any atom is 0.288 e. The highest BCUT2D eigenvalue weighted by Gasteiger charge is 2.18. The molecule has 0 aliphatic rings. The lowest BCUT2D eigenvalue weighted by molar-refractivity contribution is -0.384. The van der Waals surface area contributed by atoms with Gasteiger partial charge in [-0.3, -0.25) is 10.1 Å². The Morgan fingerprint density at radius 1 is 0.852 bits per heavy atom. The van der Waals surface area contributed by atoms with Crippen LogP contribution in [0.5, 0.6) is 0 Å². The predicted octanol–water partition coefficient (Wildman–Crippen LogP) is 5.97. The highest BCUT2D eigenvalue weighted by molar-refractivity contribution is 6.32. The summed E-state index contributed by atoms with van der Waals surface area (Å²) in [5, 5.41) is 11.3. The van der Waals surface area contributed by atoms with E-state index in [1.54, 1.807) is 6.07 Å². The third kappa shape index (κ3) is 3.32. The van der Waals surface area contributed by atoms with Crippen LogP contribution in [0.3, 0.4) is 0 Å². The molecule has 4 aromatic rings. The Balaban J connectivity index is 1.90. The van der Waals surface area contributed by atoms with Crippen molar-refractivity contribution in [3.63, 3.8) is 0 Å². The number of nitro benzene ring substituents is 1. The summed E-state index contributed by atoms with van der Waals surface area (Å²) in [6, 6.07) is 24.3. The maximum absolute atomic E-state index is 11.2. The van der Waals surface area contributed by atoms with E-state index in [9.17, 15) is 10.1 Å². The topological polar surface area (TPSA) is 71.8 Å². The molecule has 0 radical (unpaired) electrons. The van der Waals surface area contributed by atoms with Gasteiger partial charge in [-0.2, -0.15) is 0 Å². The fourth-order valence-corrected chi connectivity index (χ4v) is 3.12. The summed E-state index contributed by atoms with van der Waals surface area (Å²) < 4.78 is 0. The van der Waals surface area contributed by atoms with E-state index in [1.165, 1.54) is 12.1 Å². The number of H-pyrrole nitrogens is 1.